The summed E-state index contributed by atoms with van der Waals surface area (Å²) in [7, 11) is 1.91. The van der Waals surface area contributed by atoms with E-state index in [1.54, 1.807) is 10.8 Å². The number of allylic oxidation sites excluding steroid dienone is 5. The van der Waals surface area contributed by atoms with Gasteiger partial charge in [0.05, 0.1) is 5.69 Å². The maximum atomic E-state index is 4.30. The summed E-state index contributed by atoms with van der Waals surface area (Å²) in [5.41, 5.74) is 2.05. The molecule has 0 saturated heterocycles. The van der Waals surface area contributed by atoms with E-state index in [2.05, 4.69) is 11.7 Å². The lowest BCUT2D eigenvalue weighted by Gasteiger charge is -1.94. The van der Waals surface area contributed by atoms with Gasteiger partial charge in [0.25, 0.3) is 0 Å². The highest BCUT2D eigenvalue weighted by atomic mass is 15.2. The molecular formula is C13H20N2. The third-order valence-corrected chi connectivity index (χ3v) is 1.65. The van der Waals surface area contributed by atoms with Crippen LogP contribution in [0.4, 0.5) is 0 Å². The monoisotopic (exact) mass is 204 g/mol. The van der Waals surface area contributed by atoms with Crippen LogP contribution in [0.5, 0.6) is 0 Å². The molecule has 0 bridgehead atoms. The van der Waals surface area contributed by atoms with Crippen LogP contribution in [-0.2, 0) is 7.05 Å². The molecule has 0 spiro atoms. The third-order valence-electron chi connectivity index (χ3n) is 1.65. The first-order valence-corrected chi connectivity index (χ1v) is 5.23. The third kappa shape index (κ3) is 4.45. The molecule has 1 aromatic heterocycles. The van der Waals surface area contributed by atoms with Gasteiger partial charge in [-0.2, -0.15) is 5.10 Å². The summed E-state index contributed by atoms with van der Waals surface area (Å²) in [6.45, 7) is 9.66. The van der Waals surface area contributed by atoms with Crippen LogP contribution in [0.1, 0.15) is 26.5 Å². The summed E-state index contributed by atoms with van der Waals surface area (Å²) in [5.74, 6) is 0. The fourth-order valence-corrected chi connectivity index (χ4v) is 1.10. The van der Waals surface area contributed by atoms with Crippen molar-refractivity contribution in [3.05, 3.63) is 48.8 Å². The Morgan fingerprint density at radius 3 is 2.53 bits per heavy atom. The second-order valence-electron chi connectivity index (χ2n) is 2.73. The molecule has 2 nitrogen and oxygen atoms in total. The first-order chi connectivity index (χ1) is 7.27. The molecular weight excluding hydrogens is 184 g/mol. The van der Waals surface area contributed by atoms with Crippen molar-refractivity contribution < 1.29 is 0 Å². The molecule has 0 atom stereocenters. The smallest absolute Gasteiger partial charge is 0.0922 e. The van der Waals surface area contributed by atoms with Gasteiger partial charge >= 0.3 is 0 Å². The maximum absolute atomic E-state index is 4.30. The van der Waals surface area contributed by atoms with E-state index in [4.69, 9.17) is 0 Å². The van der Waals surface area contributed by atoms with Crippen LogP contribution in [0.15, 0.2) is 43.1 Å². The Labute approximate surface area is 92.6 Å². The van der Waals surface area contributed by atoms with Crippen LogP contribution in [0, 0.1) is 0 Å². The van der Waals surface area contributed by atoms with Crippen LogP contribution < -0.4 is 0 Å². The predicted octanol–water partition coefficient (Wildman–Crippen LogP) is 3.59. The summed E-state index contributed by atoms with van der Waals surface area (Å²) in [6, 6.07) is 1.98. The van der Waals surface area contributed by atoms with Crippen LogP contribution in [0.3, 0.4) is 0 Å². The predicted molar refractivity (Wildman–Crippen MR) is 67.5 cm³/mol. The zero-order chi connectivity index (χ0) is 11.7. The molecule has 1 heterocycles. The Hall–Kier alpha value is -1.57. The van der Waals surface area contributed by atoms with Gasteiger partial charge in [0, 0.05) is 18.8 Å². The van der Waals surface area contributed by atoms with E-state index in [9.17, 15) is 0 Å². The average molecular weight is 204 g/mol. The first-order valence-electron chi connectivity index (χ1n) is 5.23. The Balaban J connectivity index is 0.000000921. The van der Waals surface area contributed by atoms with E-state index < -0.39 is 0 Å². The highest BCUT2D eigenvalue weighted by Crippen LogP contribution is 2.12. The van der Waals surface area contributed by atoms with E-state index in [0.717, 1.165) is 11.3 Å². The van der Waals surface area contributed by atoms with Crippen molar-refractivity contribution in [1.29, 1.82) is 0 Å². The van der Waals surface area contributed by atoms with Gasteiger partial charge in [-0.25, -0.2) is 0 Å². The number of rotatable bonds is 3. The SMILES string of the molecule is C=C/C=C(\C=C/C)c1ccn(C)n1.CC. The molecule has 0 aliphatic heterocycles. The molecule has 82 valence electrons. The van der Waals surface area contributed by atoms with Gasteiger partial charge in [-0.05, 0) is 13.0 Å². The molecule has 2 heteroatoms. The highest BCUT2D eigenvalue weighted by Gasteiger charge is 1.98. The van der Waals surface area contributed by atoms with Gasteiger partial charge < -0.3 is 0 Å². The molecule has 15 heavy (non-hydrogen) atoms. The van der Waals surface area contributed by atoms with Gasteiger partial charge in [-0.3, -0.25) is 4.68 Å². The van der Waals surface area contributed by atoms with Gasteiger partial charge in [0.1, 0.15) is 0 Å². The number of aromatic nitrogens is 2. The van der Waals surface area contributed by atoms with Crippen LogP contribution in [-0.4, -0.2) is 9.78 Å². The Bertz CT molecular complexity index is 343. The molecule has 0 saturated carbocycles. The van der Waals surface area contributed by atoms with Crippen molar-refractivity contribution in [1.82, 2.24) is 9.78 Å². The minimum atomic E-state index is 0.973. The zero-order valence-electron chi connectivity index (χ0n) is 10.1. The van der Waals surface area contributed by atoms with E-state index in [1.165, 1.54) is 0 Å². The first kappa shape index (κ1) is 13.4. The number of hydrogen-bond donors (Lipinski definition) is 0. The molecule has 1 rings (SSSR count). The maximum Gasteiger partial charge on any atom is 0.0922 e. The lowest BCUT2D eigenvalue weighted by atomic mass is 10.1. The molecule has 0 aliphatic rings. The molecule has 0 N–H and O–H groups in total. The van der Waals surface area contributed by atoms with Gasteiger partial charge in [-0.1, -0.05) is 44.7 Å². The fourth-order valence-electron chi connectivity index (χ4n) is 1.10. The number of aryl methyl sites for hydroxylation is 1. The van der Waals surface area contributed by atoms with Gasteiger partial charge in [0.2, 0.25) is 0 Å². The van der Waals surface area contributed by atoms with Crippen molar-refractivity contribution in [2.75, 3.05) is 0 Å². The van der Waals surface area contributed by atoms with Gasteiger partial charge in [-0.15, -0.1) is 0 Å². The number of nitrogens with zero attached hydrogens (tertiary/aromatic N) is 2. The van der Waals surface area contributed by atoms with E-state index in [-0.39, 0.29) is 0 Å². The Morgan fingerprint density at radius 2 is 2.13 bits per heavy atom. The molecule has 0 amide bonds. The van der Waals surface area contributed by atoms with Crippen molar-refractivity contribution in [2.24, 2.45) is 7.05 Å². The van der Waals surface area contributed by atoms with Crippen molar-refractivity contribution in [3.63, 3.8) is 0 Å². The molecule has 0 fully saturated rings. The summed E-state index contributed by atoms with van der Waals surface area (Å²) in [4.78, 5) is 0. The van der Waals surface area contributed by atoms with Crippen LogP contribution >= 0.6 is 0 Å². The lowest BCUT2D eigenvalue weighted by Crippen LogP contribution is -1.89. The average Bonchev–Trinajstić information content (AvgIpc) is 2.68. The molecule has 0 aromatic carbocycles. The van der Waals surface area contributed by atoms with Crippen LogP contribution in [0.25, 0.3) is 5.57 Å². The van der Waals surface area contributed by atoms with E-state index >= 15 is 0 Å². The quantitative estimate of drug-likeness (QED) is 0.688. The van der Waals surface area contributed by atoms with Crippen molar-refractivity contribution >= 4 is 5.57 Å². The lowest BCUT2D eigenvalue weighted by molar-refractivity contribution is 0.763. The number of hydrogen-bond acceptors (Lipinski definition) is 1. The minimum absolute atomic E-state index is 0.973. The van der Waals surface area contributed by atoms with E-state index in [1.807, 2.05) is 58.3 Å². The van der Waals surface area contributed by atoms with Crippen LogP contribution in [0.2, 0.25) is 0 Å². The normalized spacial score (nSPS) is 11.1. The summed E-state index contributed by atoms with van der Waals surface area (Å²) in [6.07, 6.45) is 9.65. The fraction of sp³-hybridized carbons (Fsp3) is 0.308. The molecule has 1 aromatic rings. The van der Waals surface area contributed by atoms with Gasteiger partial charge in [0.15, 0.2) is 0 Å². The largest absolute Gasteiger partial charge is 0.275 e. The molecule has 0 unspecified atom stereocenters. The Kier molecular flexibility index (Phi) is 6.98. The highest BCUT2D eigenvalue weighted by molar-refractivity contribution is 5.72. The molecule has 0 aliphatic carbocycles. The topological polar surface area (TPSA) is 17.8 Å². The Morgan fingerprint density at radius 1 is 1.47 bits per heavy atom. The minimum Gasteiger partial charge on any atom is -0.275 e. The summed E-state index contributed by atoms with van der Waals surface area (Å²) in [5, 5.41) is 4.30. The summed E-state index contributed by atoms with van der Waals surface area (Å²) >= 11 is 0. The standard InChI is InChI=1S/C11H14N2.C2H6/c1-4-6-10(7-5-2)11-8-9-13(3)12-11;1-2/h4-9H,1H2,2-3H3;1-2H3/b7-5-,10-6+;. The second kappa shape index (κ2) is 7.80. The zero-order valence-corrected chi connectivity index (χ0v) is 10.1. The second-order valence-corrected chi connectivity index (χ2v) is 2.73. The van der Waals surface area contributed by atoms with E-state index in [0.29, 0.717) is 0 Å². The van der Waals surface area contributed by atoms with Crippen molar-refractivity contribution in [3.8, 4) is 0 Å². The van der Waals surface area contributed by atoms with Crippen molar-refractivity contribution in [2.45, 2.75) is 20.8 Å². The molecule has 0 radical (unpaired) electrons. The summed E-state index contributed by atoms with van der Waals surface area (Å²) < 4.78 is 1.79.